The van der Waals surface area contributed by atoms with Gasteiger partial charge in [-0.05, 0) is 36.6 Å². The van der Waals surface area contributed by atoms with Crippen LogP contribution in [0.3, 0.4) is 0 Å². The Morgan fingerprint density at radius 3 is 2.42 bits per heavy atom. The number of methoxy groups -OCH3 is 2. The Kier molecular flexibility index (Phi) is 6.55. The third-order valence-electron chi connectivity index (χ3n) is 6.51. The lowest BCUT2D eigenvalue weighted by Crippen LogP contribution is -2.52. The Morgan fingerprint density at radius 1 is 0.909 bits per heavy atom. The molecule has 2 aromatic rings. The van der Waals surface area contributed by atoms with Gasteiger partial charge in [0, 0.05) is 69.0 Å². The maximum Gasteiger partial charge on any atom is 0.212 e. The summed E-state index contributed by atoms with van der Waals surface area (Å²) >= 11 is 0. The van der Waals surface area contributed by atoms with E-state index in [0.29, 0.717) is 12.5 Å². The van der Waals surface area contributed by atoms with Crippen molar-refractivity contribution >= 4 is 0 Å². The maximum absolute atomic E-state index is 5.99. The number of rotatable bonds is 9. The maximum atomic E-state index is 5.99. The lowest BCUT2D eigenvalue weighted by atomic mass is 10.2. The highest BCUT2D eigenvalue weighted by Crippen LogP contribution is 2.30. The van der Waals surface area contributed by atoms with Gasteiger partial charge in [0.2, 0.25) is 5.88 Å². The number of ether oxygens (including phenoxy) is 3. The fourth-order valence-electron chi connectivity index (χ4n) is 4.45. The molecule has 0 atom stereocenters. The molecule has 1 aliphatic carbocycles. The van der Waals surface area contributed by atoms with Crippen molar-refractivity contribution in [2.75, 3.05) is 47.1 Å². The molecular weight excluding hydrogens is 418 g/mol. The highest BCUT2D eigenvalue weighted by Gasteiger charge is 2.32. The van der Waals surface area contributed by atoms with Gasteiger partial charge in [-0.15, -0.1) is 0 Å². The van der Waals surface area contributed by atoms with Crippen LogP contribution in [0.5, 0.6) is 17.4 Å². The number of pyridine rings is 1. The molecular formula is C25H33N5O3. The molecule has 8 nitrogen and oxygen atoms in total. The first-order chi connectivity index (χ1) is 16.2. The third kappa shape index (κ3) is 5.34. The summed E-state index contributed by atoms with van der Waals surface area (Å²) in [5, 5.41) is 4.82. The van der Waals surface area contributed by atoms with E-state index in [9.17, 15) is 0 Å². The number of nitrogens with zero attached hydrogens (tertiary/aromatic N) is 5. The van der Waals surface area contributed by atoms with Gasteiger partial charge in [0.15, 0.2) is 11.5 Å². The molecule has 0 bridgehead atoms. The van der Waals surface area contributed by atoms with Crippen LogP contribution in [-0.2, 0) is 13.2 Å². The monoisotopic (exact) mass is 451 g/mol. The average Bonchev–Trinajstić information content (AvgIpc) is 3.62. The summed E-state index contributed by atoms with van der Waals surface area (Å²) in [6.07, 6.45) is 8.93. The zero-order valence-corrected chi connectivity index (χ0v) is 19.5. The highest BCUT2D eigenvalue weighted by molar-refractivity contribution is 5.43. The zero-order valence-electron chi connectivity index (χ0n) is 19.5. The summed E-state index contributed by atoms with van der Waals surface area (Å²) in [6.45, 7) is 6.71. The lowest BCUT2D eigenvalue weighted by molar-refractivity contribution is -0.0341. The predicted molar refractivity (Wildman–Crippen MR) is 126 cm³/mol. The number of piperazine rings is 1. The van der Waals surface area contributed by atoms with E-state index in [1.54, 1.807) is 20.4 Å². The Labute approximate surface area is 195 Å². The smallest absolute Gasteiger partial charge is 0.212 e. The molecule has 0 radical (unpaired) electrons. The summed E-state index contributed by atoms with van der Waals surface area (Å²) in [6, 6.07) is 10.8. The van der Waals surface area contributed by atoms with Gasteiger partial charge in [-0.25, -0.2) is 9.99 Å². The van der Waals surface area contributed by atoms with Crippen LogP contribution in [0.15, 0.2) is 48.9 Å². The first kappa shape index (κ1) is 21.9. The Morgan fingerprint density at radius 2 is 1.73 bits per heavy atom. The highest BCUT2D eigenvalue weighted by atomic mass is 16.5. The fourth-order valence-corrected chi connectivity index (χ4v) is 4.45. The van der Waals surface area contributed by atoms with E-state index in [4.69, 9.17) is 14.2 Å². The predicted octanol–water partition coefficient (Wildman–Crippen LogP) is 2.92. The molecule has 1 saturated heterocycles. The van der Waals surface area contributed by atoms with Gasteiger partial charge in [0.25, 0.3) is 0 Å². The van der Waals surface area contributed by atoms with E-state index in [2.05, 4.69) is 49.3 Å². The summed E-state index contributed by atoms with van der Waals surface area (Å²) in [5.74, 6) is 2.06. The summed E-state index contributed by atoms with van der Waals surface area (Å²) in [5.41, 5.74) is 2.16. The third-order valence-corrected chi connectivity index (χ3v) is 6.51. The SMILES string of the molecule is COc1ccc(COc2ccc(CN3C=CN(N4CCN(C5CC5)CC4)C3)cc2OC)cn1. The van der Waals surface area contributed by atoms with Crippen LogP contribution in [0, 0.1) is 0 Å². The molecule has 8 heteroatoms. The second kappa shape index (κ2) is 9.89. The molecule has 2 aliphatic heterocycles. The van der Waals surface area contributed by atoms with Crippen LogP contribution in [0.1, 0.15) is 24.0 Å². The van der Waals surface area contributed by atoms with Crippen molar-refractivity contribution in [2.24, 2.45) is 0 Å². The standard InChI is InChI=1S/C25H33N5O3/c1-31-24-15-20(3-7-23(24)33-18-21-4-8-25(32-2)26-16-21)17-27-9-12-30(19-27)29-13-10-28(11-14-29)22-5-6-22/h3-4,7-9,12,15-16,22H,5-6,10-11,13-14,17-19H2,1-2H3. The molecule has 5 rings (SSSR count). The van der Waals surface area contributed by atoms with Crippen LogP contribution < -0.4 is 14.2 Å². The summed E-state index contributed by atoms with van der Waals surface area (Å²) in [7, 11) is 3.29. The molecule has 0 amide bonds. The molecule has 0 spiro atoms. The summed E-state index contributed by atoms with van der Waals surface area (Å²) < 4.78 is 16.7. The van der Waals surface area contributed by atoms with Crippen molar-refractivity contribution in [3.63, 3.8) is 0 Å². The van der Waals surface area contributed by atoms with E-state index < -0.39 is 0 Å². The first-order valence-electron chi connectivity index (χ1n) is 11.7. The van der Waals surface area contributed by atoms with E-state index in [1.807, 2.05) is 18.2 Å². The molecule has 0 N–H and O–H groups in total. The molecule has 3 heterocycles. The van der Waals surface area contributed by atoms with Crippen molar-refractivity contribution in [2.45, 2.75) is 32.0 Å². The molecule has 2 fully saturated rings. The van der Waals surface area contributed by atoms with E-state index in [-0.39, 0.29) is 0 Å². The molecule has 3 aliphatic rings. The topological polar surface area (TPSA) is 53.5 Å². The van der Waals surface area contributed by atoms with E-state index in [0.717, 1.165) is 49.4 Å². The second-order valence-corrected chi connectivity index (χ2v) is 8.83. The minimum Gasteiger partial charge on any atom is -0.493 e. The fraction of sp³-hybridized carbons (Fsp3) is 0.480. The summed E-state index contributed by atoms with van der Waals surface area (Å²) in [4.78, 5) is 9.20. The van der Waals surface area contributed by atoms with Crippen LogP contribution in [-0.4, -0.2) is 77.9 Å². The molecule has 0 unspecified atom stereocenters. The number of benzene rings is 1. The van der Waals surface area contributed by atoms with Crippen LogP contribution in [0.4, 0.5) is 0 Å². The largest absolute Gasteiger partial charge is 0.493 e. The number of hydrogen-bond donors (Lipinski definition) is 0. The molecule has 1 saturated carbocycles. The van der Waals surface area contributed by atoms with E-state index in [1.165, 1.54) is 31.5 Å². The zero-order chi connectivity index (χ0) is 22.6. The second-order valence-electron chi connectivity index (χ2n) is 8.83. The Bertz CT molecular complexity index is 955. The van der Waals surface area contributed by atoms with Gasteiger partial charge in [-0.1, -0.05) is 6.07 Å². The van der Waals surface area contributed by atoms with Gasteiger partial charge in [0.1, 0.15) is 13.3 Å². The molecule has 1 aromatic heterocycles. The minimum absolute atomic E-state index is 0.421. The van der Waals surface area contributed by atoms with Crippen LogP contribution in [0.2, 0.25) is 0 Å². The van der Waals surface area contributed by atoms with Crippen molar-refractivity contribution in [3.8, 4) is 17.4 Å². The quantitative estimate of drug-likeness (QED) is 0.577. The minimum atomic E-state index is 0.421. The van der Waals surface area contributed by atoms with Crippen LogP contribution >= 0.6 is 0 Å². The Hall–Kier alpha value is -2.97. The van der Waals surface area contributed by atoms with Crippen molar-refractivity contribution in [1.82, 2.24) is 24.8 Å². The van der Waals surface area contributed by atoms with Gasteiger partial charge in [-0.3, -0.25) is 9.91 Å². The van der Waals surface area contributed by atoms with Gasteiger partial charge < -0.3 is 19.1 Å². The molecule has 33 heavy (non-hydrogen) atoms. The normalized spacial score (nSPS) is 19.2. The first-order valence-corrected chi connectivity index (χ1v) is 11.7. The van der Waals surface area contributed by atoms with Gasteiger partial charge in [-0.2, -0.15) is 0 Å². The average molecular weight is 452 g/mol. The molecule has 1 aromatic carbocycles. The van der Waals surface area contributed by atoms with Gasteiger partial charge in [0.05, 0.1) is 14.2 Å². The van der Waals surface area contributed by atoms with Gasteiger partial charge >= 0.3 is 0 Å². The Balaban J connectivity index is 1.13. The molecule has 176 valence electrons. The lowest BCUT2D eigenvalue weighted by Gasteiger charge is -2.40. The number of hydrogen-bond acceptors (Lipinski definition) is 8. The van der Waals surface area contributed by atoms with Crippen LogP contribution in [0.25, 0.3) is 0 Å². The van der Waals surface area contributed by atoms with E-state index >= 15 is 0 Å². The van der Waals surface area contributed by atoms with Crippen molar-refractivity contribution < 1.29 is 14.2 Å². The number of hydrazine groups is 1. The van der Waals surface area contributed by atoms with Crippen molar-refractivity contribution in [1.29, 1.82) is 0 Å². The number of aromatic nitrogens is 1. The van der Waals surface area contributed by atoms with Crippen molar-refractivity contribution in [3.05, 3.63) is 60.1 Å².